The van der Waals surface area contributed by atoms with Crippen LogP contribution in [0.4, 0.5) is 34.1 Å². The lowest BCUT2D eigenvalue weighted by molar-refractivity contribution is 0.660. The molecule has 0 fully saturated rings. The molecule has 0 N–H and O–H groups in total. The van der Waals surface area contributed by atoms with Crippen molar-refractivity contribution >= 4 is 55.7 Å². The van der Waals surface area contributed by atoms with Crippen LogP contribution in [-0.2, 0) is 16.2 Å². The van der Waals surface area contributed by atoms with E-state index in [9.17, 15) is 0 Å². The zero-order valence-corrected chi connectivity index (χ0v) is 65.5. The maximum Gasteiger partial charge on any atom is 0.0619 e. The van der Waals surface area contributed by atoms with Crippen LogP contribution in [0.3, 0.4) is 0 Å². The predicted octanol–water partition coefficient (Wildman–Crippen LogP) is 31.2. The van der Waals surface area contributed by atoms with Gasteiger partial charge in [-0.05, 0) is 246 Å². The van der Waals surface area contributed by atoms with E-state index in [-0.39, 0.29) is 10.8 Å². The Morgan fingerprint density at radius 2 is 0.470 bits per heavy atom. The molecule has 0 aliphatic heterocycles. The molecule has 21 rings (SSSR count). The standard InChI is InChI=1S/C113H84N2/c1-111(2)103-45-26-24-42-92(103)95-60-56-88(70-106(95)111)114(87-54-51-77(52-55-87)73-29-12-7-13-30-73)110-100(79-38-20-11-21-39-79)66-86(75-33-16-9-17-34-75)68-102(110)91-44-28-41-80-48-49-82(64-98(80)91)83-53-59-94-97-62-58-90(72-108(97)113(5,6)105(94)69-83)115(89-57-61-96-93-43-25-27-46-104(93)112(3,4)107(96)71-89)109-99(78-36-18-10-19-37-78)65-85(74-31-14-8-15-32-74)67-101(109)84-50-47-76-35-22-23-40-81(76)63-84/h7-72H,1-6H3. The molecule has 0 aromatic heterocycles. The molecule has 0 heterocycles. The first-order valence-corrected chi connectivity index (χ1v) is 40.4. The minimum atomic E-state index is -0.411. The third kappa shape index (κ3) is 11.5. The number of hydrogen-bond acceptors (Lipinski definition) is 2. The van der Waals surface area contributed by atoms with Gasteiger partial charge in [-0.3, -0.25) is 0 Å². The largest absolute Gasteiger partial charge is 0.309 e. The SMILES string of the molecule is CC1(C)c2ccccc2-c2ccc(N(c3ccc4c(c3)C(C)(C)c3cc(-c5ccc6cccc(-c7cc(-c8ccccc8)cc(-c8ccccc8)c7N(c7ccc(-c8ccccc8)cc7)c7ccc8c(c7)C(C)(C)c7ccccc7-8)c6c5)ccc3-4)c3c(-c4ccccc4)cc(-c4ccccc4)cc3-c3ccc4ccccc4c3)cc21. The molecule has 18 aromatic rings. The minimum Gasteiger partial charge on any atom is -0.309 e. The highest BCUT2D eigenvalue weighted by Crippen LogP contribution is 2.59. The van der Waals surface area contributed by atoms with E-state index in [1.807, 2.05) is 0 Å². The van der Waals surface area contributed by atoms with Crippen molar-refractivity contribution in [1.29, 1.82) is 0 Å². The Bertz CT molecular complexity index is 6890. The van der Waals surface area contributed by atoms with Gasteiger partial charge < -0.3 is 9.80 Å². The molecule has 115 heavy (non-hydrogen) atoms. The highest BCUT2D eigenvalue weighted by atomic mass is 15.2. The number of rotatable bonds is 14. The maximum atomic E-state index is 2.61. The maximum absolute atomic E-state index is 2.61. The van der Waals surface area contributed by atoms with Gasteiger partial charge in [-0.15, -0.1) is 0 Å². The second kappa shape index (κ2) is 27.2. The molecular weight excluding hydrogens is 1390 g/mol. The fourth-order valence-corrected chi connectivity index (χ4v) is 19.4. The number of anilines is 6. The molecule has 3 aliphatic rings. The van der Waals surface area contributed by atoms with Crippen molar-refractivity contribution in [3.63, 3.8) is 0 Å². The van der Waals surface area contributed by atoms with E-state index in [1.165, 1.54) is 111 Å². The lowest BCUT2D eigenvalue weighted by Gasteiger charge is -2.33. The second-order valence-electron chi connectivity index (χ2n) is 33.1. The third-order valence-corrected chi connectivity index (χ3v) is 25.4. The Morgan fingerprint density at radius 1 is 0.157 bits per heavy atom. The fourth-order valence-electron chi connectivity index (χ4n) is 19.4. The van der Waals surface area contributed by atoms with Gasteiger partial charge in [-0.25, -0.2) is 0 Å². The molecule has 0 bridgehead atoms. The number of benzene rings is 18. The minimum absolute atomic E-state index is 0.235. The van der Waals surface area contributed by atoms with Crippen molar-refractivity contribution in [2.24, 2.45) is 0 Å². The van der Waals surface area contributed by atoms with Crippen LogP contribution in [0.1, 0.15) is 74.9 Å². The molecule has 0 radical (unpaired) electrons. The summed E-state index contributed by atoms with van der Waals surface area (Å²) in [7, 11) is 0. The molecule has 546 valence electrons. The Kier molecular flexibility index (Phi) is 16.3. The highest BCUT2D eigenvalue weighted by Gasteiger charge is 2.41. The summed E-state index contributed by atoms with van der Waals surface area (Å²) in [5.41, 5.74) is 39.9. The van der Waals surface area contributed by atoms with Gasteiger partial charge in [0.25, 0.3) is 0 Å². The first-order valence-electron chi connectivity index (χ1n) is 40.4. The summed E-state index contributed by atoms with van der Waals surface area (Å²) >= 11 is 0. The van der Waals surface area contributed by atoms with Gasteiger partial charge in [0.05, 0.1) is 11.4 Å². The van der Waals surface area contributed by atoms with Crippen molar-refractivity contribution < 1.29 is 0 Å². The first kappa shape index (κ1) is 69.1. The van der Waals surface area contributed by atoms with E-state index >= 15 is 0 Å². The number of fused-ring (bicyclic) bond motifs is 11. The monoisotopic (exact) mass is 1470 g/mol. The van der Waals surface area contributed by atoms with E-state index in [0.29, 0.717) is 0 Å². The summed E-state index contributed by atoms with van der Waals surface area (Å²) in [6.07, 6.45) is 0. The van der Waals surface area contributed by atoms with Gasteiger partial charge in [0.2, 0.25) is 0 Å². The van der Waals surface area contributed by atoms with Crippen molar-refractivity contribution in [3.05, 3.63) is 434 Å². The number of hydrogen-bond donors (Lipinski definition) is 0. The second-order valence-corrected chi connectivity index (χ2v) is 33.1. The van der Waals surface area contributed by atoms with Crippen LogP contribution in [0.25, 0.3) is 144 Å². The molecule has 0 atom stereocenters. The van der Waals surface area contributed by atoms with Gasteiger partial charge in [0.1, 0.15) is 0 Å². The van der Waals surface area contributed by atoms with Gasteiger partial charge in [0, 0.05) is 61.2 Å². The quantitative estimate of drug-likeness (QED) is 0.107. The Morgan fingerprint density at radius 3 is 0.983 bits per heavy atom. The van der Waals surface area contributed by atoms with Crippen molar-refractivity contribution in [2.45, 2.75) is 57.8 Å². The molecule has 0 amide bonds. The Hall–Kier alpha value is -13.9. The fraction of sp³-hybridized carbons (Fsp3) is 0.0796. The Balaban J connectivity index is 0.741. The zero-order chi connectivity index (χ0) is 77.3. The zero-order valence-electron chi connectivity index (χ0n) is 65.5. The third-order valence-electron chi connectivity index (χ3n) is 25.4. The van der Waals surface area contributed by atoms with Crippen molar-refractivity contribution in [2.75, 3.05) is 9.80 Å². The van der Waals surface area contributed by atoms with Crippen LogP contribution in [-0.4, -0.2) is 0 Å². The Labute approximate surface area is 674 Å². The molecule has 2 heteroatoms. The van der Waals surface area contributed by atoms with E-state index in [0.717, 1.165) is 101 Å². The first-order chi connectivity index (χ1) is 56.3. The topological polar surface area (TPSA) is 6.48 Å². The van der Waals surface area contributed by atoms with Crippen molar-refractivity contribution in [1.82, 2.24) is 0 Å². The van der Waals surface area contributed by atoms with E-state index in [2.05, 4.69) is 452 Å². The molecule has 3 aliphatic carbocycles. The van der Waals surface area contributed by atoms with Crippen LogP contribution >= 0.6 is 0 Å². The molecule has 0 spiro atoms. The average molecular weight is 1470 g/mol. The summed E-state index contributed by atoms with van der Waals surface area (Å²) in [5, 5.41) is 4.76. The lowest BCUT2D eigenvalue weighted by atomic mass is 9.81. The van der Waals surface area contributed by atoms with Crippen LogP contribution < -0.4 is 9.80 Å². The van der Waals surface area contributed by atoms with Gasteiger partial charge in [0.15, 0.2) is 0 Å². The average Bonchev–Trinajstić information content (AvgIpc) is 1.62. The van der Waals surface area contributed by atoms with Gasteiger partial charge in [-0.1, -0.05) is 351 Å². The molecular formula is C113H84N2. The normalized spacial score (nSPS) is 13.5. The van der Waals surface area contributed by atoms with Crippen LogP contribution in [0.15, 0.2) is 400 Å². The van der Waals surface area contributed by atoms with Crippen LogP contribution in [0, 0.1) is 0 Å². The lowest BCUT2D eigenvalue weighted by Crippen LogP contribution is -2.18. The summed E-state index contributed by atoms with van der Waals surface area (Å²) < 4.78 is 0. The summed E-state index contributed by atoms with van der Waals surface area (Å²) in [6.45, 7) is 14.5. The van der Waals surface area contributed by atoms with E-state index in [4.69, 9.17) is 0 Å². The number of nitrogens with zero attached hydrogens (tertiary/aromatic N) is 2. The van der Waals surface area contributed by atoms with Crippen LogP contribution in [0.5, 0.6) is 0 Å². The van der Waals surface area contributed by atoms with Crippen LogP contribution in [0.2, 0.25) is 0 Å². The molecule has 0 saturated heterocycles. The molecule has 18 aromatic carbocycles. The van der Waals surface area contributed by atoms with E-state index in [1.54, 1.807) is 0 Å². The molecule has 0 unspecified atom stereocenters. The summed E-state index contributed by atoms with van der Waals surface area (Å²) in [5.74, 6) is 0. The summed E-state index contributed by atoms with van der Waals surface area (Å²) in [4.78, 5) is 5.17. The van der Waals surface area contributed by atoms with Crippen molar-refractivity contribution in [3.8, 4) is 122 Å². The highest BCUT2D eigenvalue weighted by molar-refractivity contribution is 6.09. The predicted molar refractivity (Wildman–Crippen MR) is 487 cm³/mol. The van der Waals surface area contributed by atoms with E-state index < -0.39 is 5.41 Å². The van der Waals surface area contributed by atoms with Gasteiger partial charge >= 0.3 is 0 Å². The van der Waals surface area contributed by atoms with Gasteiger partial charge in [-0.2, -0.15) is 0 Å². The smallest absolute Gasteiger partial charge is 0.0619 e. The summed E-state index contributed by atoms with van der Waals surface area (Å²) in [6, 6.07) is 151. The molecule has 0 saturated carbocycles. The molecule has 2 nitrogen and oxygen atoms in total.